The van der Waals surface area contributed by atoms with Gasteiger partial charge in [0.05, 0.1) is 10.9 Å². The molecule has 9 nitrogen and oxygen atoms in total. The molecule has 0 aliphatic heterocycles. The Labute approximate surface area is 180 Å². The largest absolute Gasteiger partial charge is 0.352 e. The summed E-state index contributed by atoms with van der Waals surface area (Å²) in [6, 6.07) is 1.94. The van der Waals surface area contributed by atoms with Gasteiger partial charge in [0.15, 0.2) is 0 Å². The van der Waals surface area contributed by atoms with Crippen LogP contribution in [0.4, 0.5) is 0 Å². The van der Waals surface area contributed by atoms with Crippen molar-refractivity contribution in [3.63, 3.8) is 0 Å². The third-order valence-electron chi connectivity index (χ3n) is 5.60. The molecule has 3 rings (SSSR count). The Morgan fingerprint density at radius 1 is 1.23 bits per heavy atom. The Morgan fingerprint density at radius 2 is 1.94 bits per heavy atom. The molecule has 164 valence electrons. The molecule has 1 atom stereocenters. The van der Waals surface area contributed by atoms with Crippen molar-refractivity contribution in [2.75, 3.05) is 7.05 Å². The van der Waals surface area contributed by atoms with E-state index in [1.54, 1.807) is 0 Å². The van der Waals surface area contributed by atoms with E-state index >= 15 is 0 Å². The number of aromatic nitrogens is 4. The summed E-state index contributed by atoms with van der Waals surface area (Å²) in [5.74, 6) is -0.664. The zero-order valence-corrected chi connectivity index (χ0v) is 18.7. The van der Waals surface area contributed by atoms with Crippen molar-refractivity contribution in [2.24, 2.45) is 0 Å². The number of carbonyl (C=O) groups is 2. The van der Waals surface area contributed by atoms with Crippen LogP contribution >= 0.6 is 0 Å². The number of carbonyl (C=O) groups excluding carboxylic acids is 2. The van der Waals surface area contributed by atoms with Crippen molar-refractivity contribution in [1.29, 1.82) is 0 Å². The number of rotatable bonds is 6. The molecule has 0 fully saturated rings. The molecule has 0 spiro atoms. The average molecular weight is 425 g/mol. The Balaban J connectivity index is 2.05. The van der Waals surface area contributed by atoms with Gasteiger partial charge in [-0.15, -0.1) is 0 Å². The van der Waals surface area contributed by atoms with Gasteiger partial charge in [0.2, 0.25) is 5.82 Å². The summed E-state index contributed by atoms with van der Waals surface area (Å²) in [7, 11) is 1.52. The molecule has 2 amide bonds. The smallest absolute Gasteiger partial charge is 0.288 e. The zero-order chi connectivity index (χ0) is 22.9. The summed E-state index contributed by atoms with van der Waals surface area (Å²) < 4.78 is 1.96. The summed E-state index contributed by atoms with van der Waals surface area (Å²) in [6.45, 7) is 9.70. The number of nitrogens with one attached hydrogen (secondary N) is 3. The number of fused-ring (bicyclic) bond motifs is 1. The van der Waals surface area contributed by atoms with E-state index in [9.17, 15) is 14.4 Å². The van der Waals surface area contributed by atoms with E-state index in [1.807, 2.05) is 45.3 Å². The predicted octanol–water partition coefficient (Wildman–Crippen LogP) is 2.31. The lowest BCUT2D eigenvalue weighted by molar-refractivity contribution is 0.0945. The summed E-state index contributed by atoms with van der Waals surface area (Å²) in [5, 5.41) is 5.95. The molecule has 3 aromatic heterocycles. The van der Waals surface area contributed by atoms with Crippen LogP contribution in [-0.4, -0.2) is 38.4 Å². The maximum atomic E-state index is 13.2. The first-order valence-corrected chi connectivity index (χ1v) is 10.3. The number of H-pyrrole nitrogens is 1. The molecule has 0 saturated carbocycles. The Morgan fingerprint density at radius 3 is 2.55 bits per heavy atom. The SMILES string of the molecule is CC[C@@H](C)n1c(C)c(C(=O)NCc2c(C)cc(C)[nH]c2=O)c2cnc(C(=O)NC)nc21. The number of hydrogen-bond donors (Lipinski definition) is 3. The number of aromatic amines is 1. The van der Waals surface area contributed by atoms with E-state index in [-0.39, 0.29) is 29.9 Å². The lowest BCUT2D eigenvalue weighted by Gasteiger charge is -2.15. The van der Waals surface area contributed by atoms with Gasteiger partial charge < -0.3 is 20.2 Å². The molecule has 0 bridgehead atoms. The maximum Gasteiger partial charge on any atom is 0.288 e. The molecule has 0 radical (unpaired) electrons. The number of pyridine rings is 1. The van der Waals surface area contributed by atoms with Crippen LogP contribution in [-0.2, 0) is 6.54 Å². The molecular formula is C22H28N6O3. The summed E-state index contributed by atoms with van der Waals surface area (Å²) in [6.07, 6.45) is 2.33. The monoisotopic (exact) mass is 424 g/mol. The topological polar surface area (TPSA) is 122 Å². The van der Waals surface area contributed by atoms with Crippen LogP contribution in [0.15, 0.2) is 17.1 Å². The van der Waals surface area contributed by atoms with Crippen LogP contribution in [0.25, 0.3) is 11.0 Å². The second-order valence-electron chi connectivity index (χ2n) is 7.72. The maximum absolute atomic E-state index is 13.2. The van der Waals surface area contributed by atoms with Crippen LogP contribution in [0, 0.1) is 20.8 Å². The highest BCUT2D eigenvalue weighted by atomic mass is 16.2. The molecule has 9 heteroatoms. The van der Waals surface area contributed by atoms with Gasteiger partial charge in [0, 0.05) is 42.8 Å². The first-order chi connectivity index (χ1) is 14.7. The average Bonchev–Trinajstić information content (AvgIpc) is 3.02. The third kappa shape index (κ3) is 4.08. The van der Waals surface area contributed by atoms with Gasteiger partial charge in [-0.2, -0.15) is 0 Å². The highest BCUT2D eigenvalue weighted by molar-refractivity contribution is 6.08. The molecule has 3 heterocycles. The quantitative estimate of drug-likeness (QED) is 0.561. The van der Waals surface area contributed by atoms with Gasteiger partial charge in [-0.1, -0.05) is 6.92 Å². The Hall–Kier alpha value is -3.49. The second kappa shape index (κ2) is 8.71. The van der Waals surface area contributed by atoms with E-state index in [0.717, 1.165) is 23.4 Å². The van der Waals surface area contributed by atoms with Gasteiger partial charge >= 0.3 is 0 Å². The van der Waals surface area contributed by atoms with Crippen LogP contribution in [0.2, 0.25) is 0 Å². The van der Waals surface area contributed by atoms with Crippen molar-refractivity contribution in [1.82, 2.24) is 30.2 Å². The van der Waals surface area contributed by atoms with Gasteiger partial charge in [0.1, 0.15) is 5.65 Å². The lowest BCUT2D eigenvalue weighted by atomic mass is 10.1. The van der Waals surface area contributed by atoms with Crippen LogP contribution in [0.5, 0.6) is 0 Å². The molecule has 3 N–H and O–H groups in total. The van der Waals surface area contributed by atoms with E-state index in [1.165, 1.54) is 13.2 Å². The molecule has 31 heavy (non-hydrogen) atoms. The zero-order valence-electron chi connectivity index (χ0n) is 18.7. The number of aryl methyl sites for hydroxylation is 2. The van der Waals surface area contributed by atoms with Crippen molar-refractivity contribution in [3.8, 4) is 0 Å². The summed E-state index contributed by atoms with van der Waals surface area (Å²) in [5.41, 5.74) is 3.61. The lowest BCUT2D eigenvalue weighted by Crippen LogP contribution is -2.28. The minimum absolute atomic E-state index is 0.0471. The van der Waals surface area contributed by atoms with Crippen LogP contribution < -0.4 is 16.2 Å². The molecule has 0 aliphatic carbocycles. The standard InChI is InChI=1S/C22H28N6O3/c1-7-13(4)28-14(5)17(16-10-24-18(22(31)23-6)27-19(16)28)21(30)25-9-15-11(2)8-12(3)26-20(15)29/h8,10,13H,7,9H2,1-6H3,(H,23,31)(H,25,30)(H,26,29)/t13-/m1/s1. The number of amides is 2. The normalized spacial score (nSPS) is 12.1. The molecule has 3 aromatic rings. The fourth-order valence-electron chi connectivity index (χ4n) is 3.80. The summed E-state index contributed by atoms with van der Waals surface area (Å²) in [4.78, 5) is 48.8. The highest BCUT2D eigenvalue weighted by Crippen LogP contribution is 2.29. The van der Waals surface area contributed by atoms with Crippen LogP contribution in [0.1, 0.15) is 69.8 Å². The molecule has 0 aromatic carbocycles. The minimum Gasteiger partial charge on any atom is -0.352 e. The molecule has 0 aliphatic rings. The van der Waals surface area contributed by atoms with Crippen molar-refractivity contribution >= 4 is 22.8 Å². The van der Waals surface area contributed by atoms with Crippen LogP contribution in [0.3, 0.4) is 0 Å². The van der Waals surface area contributed by atoms with Gasteiger partial charge in [0.25, 0.3) is 17.4 Å². The van der Waals surface area contributed by atoms with E-state index in [4.69, 9.17) is 0 Å². The number of hydrogen-bond acceptors (Lipinski definition) is 5. The predicted molar refractivity (Wildman–Crippen MR) is 118 cm³/mol. The fourth-order valence-corrected chi connectivity index (χ4v) is 3.80. The molecule has 0 unspecified atom stereocenters. The van der Waals surface area contributed by atoms with E-state index in [2.05, 4.69) is 25.6 Å². The second-order valence-corrected chi connectivity index (χ2v) is 7.72. The Kier molecular flexibility index (Phi) is 6.24. The number of nitrogens with zero attached hydrogens (tertiary/aromatic N) is 3. The molecular weight excluding hydrogens is 396 g/mol. The highest BCUT2D eigenvalue weighted by Gasteiger charge is 2.25. The first kappa shape index (κ1) is 22.2. The minimum atomic E-state index is -0.392. The summed E-state index contributed by atoms with van der Waals surface area (Å²) >= 11 is 0. The van der Waals surface area contributed by atoms with Gasteiger partial charge in [-0.25, -0.2) is 9.97 Å². The van der Waals surface area contributed by atoms with Crippen molar-refractivity contribution in [2.45, 2.75) is 53.6 Å². The van der Waals surface area contributed by atoms with E-state index in [0.29, 0.717) is 22.2 Å². The van der Waals surface area contributed by atoms with Crippen molar-refractivity contribution in [3.05, 3.63) is 56.5 Å². The fraction of sp³-hybridized carbons (Fsp3) is 0.409. The van der Waals surface area contributed by atoms with Gasteiger partial charge in [-0.05, 0) is 45.7 Å². The van der Waals surface area contributed by atoms with E-state index < -0.39 is 5.91 Å². The third-order valence-corrected chi connectivity index (χ3v) is 5.60. The Bertz CT molecular complexity index is 1220. The molecule has 0 saturated heterocycles. The first-order valence-electron chi connectivity index (χ1n) is 10.3. The van der Waals surface area contributed by atoms with Crippen molar-refractivity contribution < 1.29 is 9.59 Å². The van der Waals surface area contributed by atoms with Gasteiger partial charge in [-0.3, -0.25) is 14.4 Å².